The van der Waals surface area contributed by atoms with Crippen molar-refractivity contribution < 1.29 is 9.47 Å². The summed E-state index contributed by atoms with van der Waals surface area (Å²) >= 11 is 0. The van der Waals surface area contributed by atoms with Gasteiger partial charge < -0.3 is 9.47 Å². The van der Waals surface area contributed by atoms with Crippen LogP contribution in [0.15, 0.2) is 0 Å². The Labute approximate surface area is 82.6 Å². The first-order chi connectivity index (χ1) is 6.08. The molecular weight excluding hydrogens is 180 g/mol. The molecular formula is C10H22O2Si. The van der Waals surface area contributed by atoms with Gasteiger partial charge in [-0.3, -0.25) is 0 Å². The van der Waals surface area contributed by atoms with Crippen molar-refractivity contribution in [3.63, 3.8) is 0 Å². The van der Waals surface area contributed by atoms with Gasteiger partial charge in [-0.2, -0.15) is 0 Å². The maximum atomic E-state index is 5.46. The van der Waals surface area contributed by atoms with Crippen molar-refractivity contribution in [3.05, 3.63) is 0 Å². The number of unbranched alkanes of at least 4 members (excludes halogenated alkanes) is 1. The van der Waals surface area contributed by atoms with E-state index in [-0.39, 0.29) is 0 Å². The molecule has 3 heteroatoms. The minimum absolute atomic E-state index is 0.428. The van der Waals surface area contributed by atoms with Crippen LogP contribution in [0.3, 0.4) is 0 Å². The summed E-state index contributed by atoms with van der Waals surface area (Å²) in [4.78, 5) is 0. The monoisotopic (exact) mass is 202 g/mol. The summed E-state index contributed by atoms with van der Waals surface area (Å²) in [7, 11) is -0.807. The molecule has 0 N–H and O–H groups in total. The number of hydrogen-bond donors (Lipinski definition) is 0. The zero-order valence-corrected chi connectivity index (χ0v) is 10.1. The third-order valence-electron chi connectivity index (χ3n) is 2.17. The van der Waals surface area contributed by atoms with E-state index in [1.54, 1.807) is 0 Å². The normalized spacial score (nSPS) is 21.9. The van der Waals surface area contributed by atoms with E-state index in [2.05, 4.69) is 19.6 Å². The summed E-state index contributed by atoms with van der Waals surface area (Å²) in [6, 6.07) is 1.43. The van der Waals surface area contributed by atoms with Gasteiger partial charge in [0.15, 0.2) is 0 Å². The van der Waals surface area contributed by atoms with Gasteiger partial charge in [0.05, 0.1) is 13.2 Å². The fraction of sp³-hybridized carbons (Fsp3) is 1.00. The summed E-state index contributed by atoms with van der Waals surface area (Å²) in [6.07, 6.45) is 2.98. The molecule has 0 amide bonds. The van der Waals surface area contributed by atoms with Gasteiger partial charge in [0.1, 0.15) is 6.10 Å². The van der Waals surface area contributed by atoms with Crippen LogP contribution in [0.25, 0.3) is 0 Å². The van der Waals surface area contributed by atoms with Crippen molar-refractivity contribution >= 4 is 8.07 Å². The number of ether oxygens (including phenoxy) is 2. The molecule has 1 saturated heterocycles. The second-order valence-electron chi connectivity index (χ2n) is 5.05. The van der Waals surface area contributed by atoms with Crippen LogP contribution >= 0.6 is 0 Å². The topological polar surface area (TPSA) is 21.8 Å². The summed E-state index contributed by atoms with van der Waals surface area (Å²) in [6.45, 7) is 9.91. The maximum Gasteiger partial charge on any atom is 0.104 e. The van der Waals surface area contributed by atoms with E-state index in [0.29, 0.717) is 6.10 Å². The Morgan fingerprint density at radius 3 is 2.54 bits per heavy atom. The number of rotatable bonds is 7. The van der Waals surface area contributed by atoms with Crippen LogP contribution in [-0.2, 0) is 9.47 Å². The predicted molar refractivity (Wildman–Crippen MR) is 57.9 cm³/mol. The van der Waals surface area contributed by atoms with Crippen LogP contribution in [0.4, 0.5) is 0 Å². The molecule has 1 atom stereocenters. The Kier molecular flexibility index (Phi) is 4.42. The number of hydrogen-bond acceptors (Lipinski definition) is 2. The summed E-state index contributed by atoms with van der Waals surface area (Å²) in [5.74, 6) is 0. The van der Waals surface area contributed by atoms with Gasteiger partial charge in [-0.05, 0) is 6.42 Å². The molecule has 0 spiro atoms. The first kappa shape index (κ1) is 11.2. The second kappa shape index (κ2) is 5.13. The van der Waals surface area contributed by atoms with Crippen LogP contribution in [0, 0.1) is 0 Å². The highest BCUT2D eigenvalue weighted by molar-refractivity contribution is 6.76. The average Bonchev–Trinajstić information content (AvgIpc) is 2.77. The summed E-state index contributed by atoms with van der Waals surface area (Å²) in [5, 5.41) is 0. The Morgan fingerprint density at radius 1 is 1.31 bits per heavy atom. The molecule has 1 heterocycles. The zero-order valence-electron chi connectivity index (χ0n) is 9.14. The molecule has 1 unspecified atom stereocenters. The van der Waals surface area contributed by atoms with Crippen molar-refractivity contribution in [1.29, 1.82) is 0 Å². The quantitative estimate of drug-likeness (QED) is 0.359. The molecule has 1 aliphatic rings. The van der Waals surface area contributed by atoms with Crippen molar-refractivity contribution in [2.75, 3.05) is 19.8 Å². The first-order valence-corrected chi connectivity index (χ1v) is 8.98. The first-order valence-electron chi connectivity index (χ1n) is 5.27. The predicted octanol–water partition coefficient (Wildman–Crippen LogP) is 2.52. The van der Waals surface area contributed by atoms with Crippen molar-refractivity contribution in [2.45, 2.75) is 44.6 Å². The average molecular weight is 202 g/mol. The van der Waals surface area contributed by atoms with Gasteiger partial charge in [0.2, 0.25) is 0 Å². The highest BCUT2D eigenvalue weighted by atomic mass is 28.3. The largest absolute Gasteiger partial charge is 0.379 e. The van der Waals surface area contributed by atoms with Gasteiger partial charge in [0.25, 0.3) is 0 Å². The van der Waals surface area contributed by atoms with E-state index in [1.165, 1.54) is 18.9 Å². The number of epoxide rings is 1. The molecule has 0 aromatic rings. The van der Waals surface area contributed by atoms with Crippen LogP contribution in [0.5, 0.6) is 0 Å². The van der Waals surface area contributed by atoms with Crippen LogP contribution in [-0.4, -0.2) is 34.0 Å². The smallest absolute Gasteiger partial charge is 0.104 e. The highest BCUT2D eigenvalue weighted by Crippen LogP contribution is 2.13. The molecule has 0 aromatic heterocycles. The molecule has 1 fully saturated rings. The van der Waals surface area contributed by atoms with Gasteiger partial charge in [0, 0.05) is 14.7 Å². The lowest BCUT2D eigenvalue weighted by Gasteiger charge is -2.14. The van der Waals surface area contributed by atoms with Crippen LogP contribution < -0.4 is 0 Å². The van der Waals surface area contributed by atoms with E-state index >= 15 is 0 Å². The van der Waals surface area contributed by atoms with E-state index in [0.717, 1.165) is 19.8 Å². The van der Waals surface area contributed by atoms with Crippen LogP contribution in [0.2, 0.25) is 25.7 Å². The minimum atomic E-state index is -0.807. The summed E-state index contributed by atoms with van der Waals surface area (Å²) < 4.78 is 10.5. The molecule has 0 radical (unpaired) electrons. The van der Waals surface area contributed by atoms with Gasteiger partial charge in [-0.1, -0.05) is 32.1 Å². The zero-order chi connectivity index (χ0) is 9.73. The van der Waals surface area contributed by atoms with E-state index in [9.17, 15) is 0 Å². The SMILES string of the molecule is C[Si](C)(C)CCCCOCC1CO1. The minimum Gasteiger partial charge on any atom is -0.379 e. The lowest BCUT2D eigenvalue weighted by molar-refractivity contribution is 0.114. The maximum absolute atomic E-state index is 5.46. The lowest BCUT2D eigenvalue weighted by atomic mass is 10.3. The van der Waals surface area contributed by atoms with E-state index < -0.39 is 8.07 Å². The fourth-order valence-electron chi connectivity index (χ4n) is 1.24. The fourth-order valence-corrected chi connectivity index (χ4v) is 2.55. The molecule has 13 heavy (non-hydrogen) atoms. The van der Waals surface area contributed by atoms with Crippen molar-refractivity contribution in [1.82, 2.24) is 0 Å². The molecule has 0 aliphatic carbocycles. The molecule has 1 rings (SSSR count). The molecule has 0 saturated carbocycles. The van der Waals surface area contributed by atoms with Gasteiger partial charge in [-0.15, -0.1) is 0 Å². The molecule has 2 nitrogen and oxygen atoms in total. The van der Waals surface area contributed by atoms with Crippen LogP contribution in [0.1, 0.15) is 12.8 Å². The third kappa shape index (κ3) is 7.23. The summed E-state index contributed by atoms with van der Waals surface area (Å²) in [5.41, 5.74) is 0. The third-order valence-corrected chi connectivity index (χ3v) is 4.03. The standard InChI is InChI=1S/C10H22O2Si/c1-13(2,3)7-5-4-6-11-8-10-9-12-10/h10H,4-9H2,1-3H3. The van der Waals surface area contributed by atoms with E-state index in [4.69, 9.17) is 9.47 Å². The Morgan fingerprint density at radius 2 is 2.00 bits per heavy atom. The molecule has 0 bridgehead atoms. The molecule has 1 aliphatic heterocycles. The lowest BCUT2D eigenvalue weighted by Crippen LogP contribution is -2.18. The Balaban J connectivity index is 1.78. The van der Waals surface area contributed by atoms with Gasteiger partial charge in [-0.25, -0.2) is 0 Å². The second-order valence-corrected chi connectivity index (χ2v) is 10.7. The van der Waals surface area contributed by atoms with Crippen molar-refractivity contribution in [2.24, 2.45) is 0 Å². The Bertz CT molecular complexity index is 138. The van der Waals surface area contributed by atoms with E-state index in [1.807, 2.05) is 0 Å². The van der Waals surface area contributed by atoms with Gasteiger partial charge >= 0.3 is 0 Å². The molecule has 78 valence electrons. The highest BCUT2D eigenvalue weighted by Gasteiger charge is 2.22. The molecule has 0 aromatic carbocycles. The van der Waals surface area contributed by atoms with Crippen molar-refractivity contribution in [3.8, 4) is 0 Å². The Hall–Kier alpha value is 0.137.